The summed E-state index contributed by atoms with van der Waals surface area (Å²) in [6.45, 7) is 2.13. The standard InChI is InChI=1S/C11H14ClN3/c1-2-9-7-11(13)14-15(9)10-5-3-8(12)4-6-10/h3-7,9,14H,2,13H2,1H3. The molecule has 0 spiro atoms. The normalized spacial score (nSPS) is 20.0. The molecule has 0 bridgehead atoms. The zero-order valence-electron chi connectivity index (χ0n) is 8.57. The molecule has 4 heteroatoms. The number of nitrogens with zero attached hydrogens (tertiary/aromatic N) is 1. The Morgan fingerprint density at radius 2 is 2.07 bits per heavy atom. The molecule has 3 N–H and O–H groups in total. The molecule has 0 radical (unpaired) electrons. The zero-order chi connectivity index (χ0) is 10.8. The maximum atomic E-state index is 5.84. The van der Waals surface area contributed by atoms with Gasteiger partial charge in [0.15, 0.2) is 0 Å². The summed E-state index contributed by atoms with van der Waals surface area (Å²) in [7, 11) is 0. The summed E-state index contributed by atoms with van der Waals surface area (Å²) in [6.07, 6.45) is 3.03. The molecular weight excluding hydrogens is 210 g/mol. The maximum absolute atomic E-state index is 5.84. The predicted octanol–water partition coefficient (Wildman–Crippen LogP) is 2.24. The third-order valence-electron chi connectivity index (χ3n) is 2.48. The lowest BCUT2D eigenvalue weighted by atomic mass is 10.2. The van der Waals surface area contributed by atoms with Crippen LogP contribution in [-0.2, 0) is 0 Å². The lowest BCUT2D eigenvalue weighted by molar-refractivity contribution is 0.654. The van der Waals surface area contributed by atoms with Crippen LogP contribution in [0, 0.1) is 0 Å². The van der Waals surface area contributed by atoms with Gasteiger partial charge in [-0.2, -0.15) is 0 Å². The molecule has 0 saturated carbocycles. The highest BCUT2D eigenvalue weighted by Gasteiger charge is 2.21. The lowest BCUT2D eigenvalue weighted by Gasteiger charge is -2.25. The Morgan fingerprint density at radius 3 is 2.67 bits per heavy atom. The monoisotopic (exact) mass is 223 g/mol. The van der Waals surface area contributed by atoms with E-state index in [1.54, 1.807) is 0 Å². The van der Waals surface area contributed by atoms with Gasteiger partial charge in [-0.15, -0.1) is 0 Å². The van der Waals surface area contributed by atoms with Crippen molar-refractivity contribution in [2.45, 2.75) is 19.4 Å². The first-order valence-corrected chi connectivity index (χ1v) is 5.37. The minimum absolute atomic E-state index is 0.311. The van der Waals surface area contributed by atoms with E-state index < -0.39 is 0 Å². The van der Waals surface area contributed by atoms with Gasteiger partial charge in [-0.05, 0) is 36.8 Å². The molecule has 1 aromatic carbocycles. The topological polar surface area (TPSA) is 41.3 Å². The summed E-state index contributed by atoms with van der Waals surface area (Å²) in [6, 6.07) is 8.01. The molecule has 3 nitrogen and oxygen atoms in total. The van der Waals surface area contributed by atoms with Crippen molar-refractivity contribution in [1.29, 1.82) is 0 Å². The summed E-state index contributed by atoms with van der Waals surface area (Å²) in [4.78, 5) is 0. The molecule has 0 saturated heterocycles. The van der Waals surface area contributed by atoms with Gasteiger partial charge in [-0.1, -0.05) is 18.5 Å². The number of nitrogens with two attached hydrogens (primary N) is 1. The molecular formula is C11H14ClN3. The summed E-state index contributed by atoms with van der Waals surface area (Å²) in [5.74, 6) is 0.705. The van der Waals surface area contributed by atoms with E-state index in [9.17, 15) is 0 Å². The summed E-state index contributed by atoms with van der Waals surface area (Å²) in [5, 5.41) is 2.79. The van der Waals surface area contributed by atoms with Crippen LogP contribution in [0.5, 0.6) is 0 Å². The Kier molecular flexibility index (Phi) is 2.73. The number of benzene rings is 1. The first-order chi connectivity index (χ1) is 7.20. The number of hydrogen-bond acceptors (Lipinski definition) is 3. The Hall–Kier alpha value is -1.35. The average molecular weight is 224 g/mol. The van der Waals surface area contributed by atoms with E-state index in [2.05, 4.69) is 12.3 Å². The minimum atomic E-state index is 0.311. The van der Waals surface area contributed by atoms with Gasteiger partial charge in [-0.25, -0.2) is 0 Å². The Balaban J connectivity index is 2.21. The van der Waals surface area contributed by atoms with Gasteiger partial charge >= 0.3 is 0 Å². The number of rotatable bonds is 2. The molecule has 1 heterocycles. The van der Waals surface area contributed by atoms with E-state index in [0.717, 1.165) is 17.1 Å². The molecule has 0 aromatic heterocycles. The van der Waals surface area contributed by atoms with Crippen LogP contribution >= 0.6 is 11.6 Å². The molecule has 1 aromatic rings. The van der Waals surface area contributed by atoms with Crippen LogP contribution < -0.4 is 16.2 Å². The summed E-state index contributed by atoms with van der Waals surface area (Å²) < 4.78 is 0. The van der Waals surface area contributed by atoms with Crippen LogP contribution in [0.3, 0.4) is 0 Å². The Bertz CT molecular complexity index is 372. The lowest BCUT2D eigenvalue weighted by Crippen LogP contribution is -2.39. The fourth-order valence-electron chi connectivity index (χ4n) is 1.70. The van der Waals surface area contributed by atoms with Crippen molar-refractivity contribution in [3.05, 3.63) is 41.2 Å². The second-order valence-electron chi connectivity index (χ2n) is 3.56. The van der Waals surface area contributed by atoms with Gasteiger partial charge in [0.1, 0.15) is 5.82 Å². The van der Waals surface area contributed by atoms with Crippen LogP contribution in [0.15, 0.2) is 36.2 Å². The van der Waals surface area contributed by atoms with Crippen LogP contribution in [0.2, 0.25) is 5.02 Å². The smallest absolute Gasteiger partial charge is 0.113 e. The SMILES string of the molecule is CCC1C=C(N)NN1c1ccc(Cl)cc1. The largest absolute Gasteiger partial charge is 0.384 e. The Morgan fingerprint density at radius 1 is 1.40 bits per heavy atom. The minimum Gasteiger partial charge on any atom is -0.384 e. The number of nitrogens with one attached hydrogen (secondary N) is 1. The molecule has 0 fully saturated rings. The van der Waals surface area contributed by atoms with E-state index in [4.69, 9.17) is 17.3 Å². The number of halogens is 1. The molecule has 1 aliphatic rings. The predicted molar refractivity (Wildman–Crippen MR) is 63.4 cm³/mol. The van der Waals surface area contributed by atoms with Gasteiger partial charge in [0.25, 0.3) is 0 Å². The first-order valence-electron chi connectivity index (χ1n) is 4.99. The van der Waals surface area contributed by atoms with Crippen LogP contribution in [-0.4, -0.2) is 6.04 Å². The molecule has 2 rings (SSSR count). The van der Waals surface area contributed by atoms with Crippen molar-refractivity contribution in [2.75, 3.05) is 5.01 Å². The molecule has 15 heavy (non-hydrogen) atoms. The van der Waals surface area contributed by atoms with E-state index >= 15 is 0 Å². The molecule has 1 atom stereocenters. The van der Waals surface area contributed by atoms with Crippen molar-refractivity contribution in [1.82, 2.24) is 5.43 Å². The number of hydrazine groups is 1. The van der Waals surface area contributed by atoms with E-state index in [1.807, 2.05) is 35.4 Å². The van der Waals surface area contributed by atoms with Gasteiger partial charge in [0, 0.05) is 5.02 Å². The second-order valence-corrected chi connectivity index (χ2v) is 3.99. The van der Waals surface area contributed by atoms with Crippen molar-refractivity contribution in [2.24, 2.45) is 5.73 Å². The summed E-state index contributed by atoms with van der Waals surface area (Å²) >= 11 is 5.84. The highest BCUT2D eigenvalue weighted by Crippen LogP contribution is 2.23. The molecule has 0 amide bonds. The Labute approximate surface area is 94.5 Å². The van der Waals surface area contributed by atoms with E-state index in [1.165, 1.54) is 0 Å². The van der Waals surface area contributed by atoms with Crippen LogP contribution in [0.25, 0.3) is 0 Å². The van der Waals surface area contributed by atoms with Crippen molar-refractivity contribution in [3.8, 4) is 0 Å². The number of hydrogen-bond donors (Lipinski definition) is 2. The third kappa shape index (κ3) is 2.02. The highest BCUT2D eigenvalue weighted by atomic mass is 35.5. The van der Waals surface area contributed by atoms with Gasteiger partial charge in [0.2, 0.25) is 0 Å². The van der Waals surface area contributed by atoms with Crippen molar-refractivity contribution in [3.63, 3.8) is 0 Å². The third-order valence-corrected chi connectivity index (χ3v) is 2.73. The average Bonchev–Trinajstić information content (AvgIpc) is 2.61. The van der Waals surface area contributed by atoms with E-state index in [-0.39, 0.29) is 0 Å². The first kappa shape index (κ1) is 10.2. The maximum Gasteiger partial charge on any atom is 0.113 e. The fraction of sp³-hybridized carbons (Fsp3) is 0.273. The van der Waals surface area contributed by atoms with Crippen LogP contribution in [0.1, 0.15) is 13.3 Å². The summed E-state index contributed by atoms with van der Waals surface area (Å²) in [5.41, 5.74) is 9.93. The van der Waals surface area contributed by atoms with Gasteiger partial charge in [-0.3, -0.25) is 10.4 Å². The van der Waals surface area contributed by atoms with Gasteiger partial charge in [0.05, 0.1) is 11.7 Å². The quantitative estimate of drug-likeness (QED) is 0.808. The zero-order valence-corrected chi connectivity index (χ0v) is 9.33. The second kappa shape index (κ2) is 4.03. The molecule has 80 valence electrons. The molecule has 0 aliphatic carbocycles. The van der Waals surface area contributed by atoms with Crippen molar-refractivity contribution < 1.29 is 0 Å². The van der Waals surface area contributed by atoms with Crippen molar-refractivity contribution >= 4 is 17.3 Å². The van der Waals surface area contributed by atoms with Gasteiger partial charge < -0.3 is 5.73 Å². The molecule has 1 aliphatic heterocycles. The highest BCUT2D eigenvalue weighted by molar-refractivity contribution is 6.30. The fourth-order valence-corrected chi connectivity index (χ4v) is 1.83. The molecule has 1 unspecified atom stereocenters. The van der Waals surface area contributed by atoms with Crippen LogP contribution in [0.4, 0.5) is 5.69 Å². The number of anilines is 1. The van der Waals surface area contributed by atoms with E-state index in [0.29, 0.717) is 11.9 Å².